The summed E-state index contributed by atoms with van der Waals surface area (Å²) >= 11 is 0. The summed E-state index contributed by atoms with van der Waals surface area (Å²) in [6.45, 7) is 0.519. The number of amides is 1. The largest absolute Gasteiger partial charge is 0.497 e. The topological polar surface area (TPSA) is 68.3 Å². The molecule has 6 nitrogen and oxygen atoms in total. The second-order valence-electron chi connectivity index (χ2n) is 7.49. The van der Waals surface area contributed by atoms with Gasteiger partial charge in [0.2, 0.25) is 0 Å². The lowest BCUT2D eigenvalue weighted by molar-refractivity contribution is 0.0967. The van der Waals surface area contributed by atoms with Crippen molar-refractivity contribution in [2.24, 2.45) is 7.05 Å². The summed E-state index contributed by atoms with van der Waals surface area (Å²) in [4.78, 5) is 16.5. The maximum atomic E-state index is 12.9. The molecular formula is C23H19N3O3. The summed E-state index contributed by atoms with van der Waals surface area (Å²) in [6.07, 6.45) is 0. The summed E-state index contributed by atoms with van der Waals surface area (Å²) < 4.78 is 13.1. The third-order valence-corrected chi connectivity index (χ3v) is 6.16. The highest BCUT2D eigenvalue weighted by Gasteiger charge is 2.30. The number of H-pyrrole nitrogens is 1. The van der Waals surface area contributed by atoms with Crippen molar-refractivity contribution in [3.8, 4) is 11.5 Å². The molecule has 0 saturated carbocycles. The lowest BCUT2D eigenvalue weighted by atomic mass is 9.97. The first-order valence-electron chi connectivity index (χ1n) is 9.51. The van der Waals surface area contributed by atoms with Crippen LogP contribution in [0.3, 0.4) is 0 Å². The van der Waals surface area contributed by atoms with Gasteiger partial charge in [-0.15, -0.1) is 0 Å². The van der Waals surface area contributed by atoms with Gasteiger partial charge in [-0.3, -0.25) is 4.79 Å². The van der Waals surface area contributed by atoms with Crippen LogP contribution in [0.15, 0.2) is 36.4 Å². The van der Waals surface area contributed by atoms with Crippen molar-refractivity contribution in [2.75, 3.05) is 14.2 Å². The number of hydrogen-bond donors (Lipinski definition) is 2. The molecular weight excluding hydrogens is 366 g/mol. The molecule has 0 radical (unpaired) electrons. The van der Waals surface area contributed by atoms with Gasteiger partial charge >= 0.3 is 0 Å². The van der Waals surface area contributed by atoms with E-state index in [1.807, 2.05) is 43.4 Å². The lowest BCUT2D eigenvalue weighted by Gasteiger charge is -2.06. The number of rotatable bonds is 2. The number of carbonyl (C=O) groups is 1. The first kappa shape index (κ1) is 16.3. The van der Waals surface area contributed by atoms with Crippen molar-refractivity contribution in [1.82, 2.24) is 14.9 Å². The molecule has 1 amide bonds. The fourth-order valence-corrected chi connectivity index (χ4v) is 4.85. The fourth-order valence-electron chi connectivity index (χ4n) is 4.85. The number of aryl methyl sites for hydroxylation is 1. The molecule has 2 aromatic heterocycles. The van der Waals surface area contributed by atoms with Gasteiger partial charge in [0.1, 0.15) is 11.5 Å². The summed E-state index contributed by atoms with van der Waals surface area (Å²) in [5.74, 6) is 1.55. The van der Waals surface area contributed by atoms with Crippen molar-refractivity contribution < 1.29 is 14.3 Å². The van der Waals surface area contributed by atoms with Gasteiger partial charge in [-0.05, 0) is 42.0 Å². The molecule has 2 N–H and O–H groups in total. The van der Waals surface area contributed by atoms with Crippen LogP contribution in [-0.2, 0) is 13.6 Å². The minimum atomic E-state index is -0.0283. The predicted octanol–water partition coefficient (Wildman–Crippen LogP) is 4.23. The van der Waals surface area contributed by atoms with Gasteiger partial charge in [-0.1, -0.05) is 0 Å². The Hall–Kier alpha value is -3.67. The Kier molecular flexibility index (Phi) is 3.06. The Morgan fingerprint density at radius 3 is 2.45 bits per heavy atom. The quantitative estimate of drug-likeness (QED) is 0.478. The second kappa shape index (κ2) is 5.44. The smallest absolute Gasteiger partial charge is 0.252 e. The molecule has 0 fully saturated rings. The number of aromatic amines is 1. The van der Waals surface area contributed by atoms with E-state index in [1.165, 1.54) is 0 Å². The standard InChI is InChI=1S/C23H19N3O3/c1-26-17-7-5-12(29-3)9-14(17)19-20-15(10-24-23(20)27)18-13-8-11(28-2)4-6-16(13)25-21(18)22(19)26/h4-9,25H,10H2,1-3H3,(H,24,27). The van der Waals surface area contributed by atoms with E-state index >= 15 is 0 Å². The molecule has 0 unspecified atom stereocenters. The molecule has 1 aliphatic rings. The van der Waals surface area contributed by atoms with Gasteiger partial charge in [-0.25, -0.2) is 0 Å². The zero-order chi connectivity index (χ0) is 19.9. The van der Waals surface area contributed by atoms with Gasteiger partial charge in [-0.2, -0.15) is 0 Å². The zero-order valence-corrected chi connectivity index (χ0v) is 16.3. The number of nitrogens with zero attached hydrogens (tertiary/aromatic N) is 1. The number of benzene rings is 3. The Morgan fingerprint density at radius 1 is 0.966 bits per heavy atom. The predicted molar refractivity (Wildman–Crippen MR) is 114 cm³/mol. The van der Waals surface area contributed by atoms with Crippen molar-refractivity contribution in [3.05, 3.63) is 47.5 Å². The van der Waals surface area contributed by atoms with E-state index in [9.17, 15) is 4.79 Å². The van der Waals surface area contributed by atoms with Crippen molar-refractivity contribution in [2.45, 2.75) is 6.54 Å². The highest BCUT2D eigenvalue weighted by atomic mass is 16.5. The van der Waals surface area contributed by atoms with Crippen LogP contribution in [0.5, 0.6) is 11.5 Å². The van der Waals surface area contributed by atoms with Crippen molar-refractivity contribution in [3.63, 3.8) is 0 Å². The molecule has 6 heteroatoms. The number of fused-ring (bicyclic) bond motifs is 10. The summed E-state index contributed by atoms with van der Waals surface area (Å²) in [6, 6.07) is 12.0. The molecule has 5 aromatic rings. The second-order valence-corrected chi connectivity index (χ2v) is 7.49. The third-order valence-electron chi connectivity index (χ3n) is 6.16. The van der Waals surface area contributed by atoms with Crippen molar-refractivity contribution >= 4 is 49.5 Å². The molecule has 1 aliphatic heterocycles. The highest BCUT2D eigenvalue weighted by Crippen LogP contribution is 2.44. The van der Waals surface area contributed by atoms with Crippen LogP contribution >= 0.6 is 0 Å². The maximum absolute atomic E-state index is 12.9. The normalized spacial score (nSPS) is 13.6. The third kappa shape index (κ3) is 1.93. The van der Waals surface area contributed by atoms with Crippen LogP contribution in [-0.4, -0.2) is 29.7 Å². The molecule has 0 bridgehead atoms. The first-order chi connectivity index (χ1) is 14.1. The van der Waals surface area contributed by atoms with E-state index in [-0.39, 0.29) is 5.91 Å². The van der Waals surface area contributed by atoms with E-state index in [2.05, 4.69) is 14.9 Å². The van der Waals surface area contributed by atoms with E-state index < -0.39 is 0 Å². The monoisotopic (exact) mass is 385 g/mol. The molecule has 0 spiro atoms. The van der Waals surface area contributed by atoms with E-state index in [4.69, 9.17) is 9.47 Å². The summed E-state index contributed by atoms with van der Waals surface area (Å²) in [7, 11) is 5.37. The van der Waals surface area contributed by atoms with Crippen LogP contribution in [0.4, 0.5) is 0 Å². The summed E-state index contributed by atoms with van der Waals surface area (Å²) in [5.41, 5.74) is 5.94. The van der Waals surface area contributed by atoms with E-state index in [0.29, 0.717) is 6.54 Å². The maximum Gasteiger partial charge on any atom is 0.252 e. The number of nitrogens with one attached hydrogen (secondary N) is 2. The molecule has 0 aliphatic carbocycles. The van der Waals surface area contributed by atoms with Crippen LogP contribution in [0.1, 0.15) is 15.9 Å². The number of methoxy groups -OCH3 is 2. The highest BCUT2D eigenvalue weighted by molar-refractivity contribution is 6.30. The number of carbonyl (C=O) groups excluding carboxylic acids is 1. The minimum absolute atomic E-state index is 0.0283. The molecule has 3 aromatic carbocycles. The van der Waals surface area contributed by atoms with Crippen LogP contribution in [0.2, 0.25) is 0 Å². The Balaban J connectivity index is 1.93. The summed E-state index contributed by atoms with van der Waals surface area (Å²) in [5, 5.41) is 7.17. The Morgan fingerprint density at radius 2 is 1.69 bits per heavy atom. The Bertz CT molecular complexity index is 1510. The van der Waals surface area contributed by atoms with Gasteiger partial charge in [0.25, 0.3) is 5.91 Å². The first-order valence-corrected chi connectivity index (χ1v) is 9.51. The lowest BCUT2D eigenvalue weighted by Crippen LogP contribution is -2.12. The number of hydrogen-bond acceptors (Lipinski definition) is 3. The molecule has 144 valence electrons. The molecule has 3 heterocycles. The van der Waals surface area contributed by atoms with E-state index in [1.54, 1.807) is 14.2 Å². The van der Waals surface area contributed by atoms with Gasteiger partial charge in [0.15, 0.2) is 0 Å². The van der Waals surface area contributed by atoms with Crippen LogP contribution < -0.4 is 14.8 Å². The zero-order valence-electron chi connectivity index (χ0n) is 16.3. The SMILES string of the molecule is COc1ccc2[nH]c3c(c4c(c5c6cc(OC)ccc6n(C)c35)C(=O)NC4)c2c1. The van der Waals surface area contributed by atoms with Crippen LogP contribution in [0.25, 0.3) is 43.6 Å². The number of aromatic nitrogens is 2. The molecule has 0 atom stereocenters. The van der Waals surface area contributed by atoms with Gasteiger partial charge < -0.3 is 24.3 Å². The molecule has 29 heavy (non-hydrogen) atoms. The fraction of sp³-hybridized carbons (Fsp3) is 0.174. The Labute approximate surface area is 166 Å². The average Bonchev–Trinajstić information content (AvgIpc) is 3.39. The van der Waals surface area contributed by atoms with Gasteiger partial charge in [0.05, 0.1) is 30.8 Å². The number of ether oxygens (including phenoxy) is 2. The average molecular weight is 385 g/mol. The minimum Gasteiger partial charge on any atom is -0.497 e. The van der Waals surface area contributed by atoms with Gasteiger partial charge in [0, 0.05) is 46.2 Å². The van der Waals surface area contributed by atoms with E-state index in [0.717, 1.165) is 66.2 Å². The van der Waals surface area contributed by atoms with Crippen LogP contribution in [0, 0.1) is 0 Å². The van der Waals surface area contributed by atoms with Crippen molar-refractivity contribution in [1.29, 1.82) is 0 Å². The molecule has 6 rings (SSSR count). The molecule has 0 saturated heterocycles.